The van der Waals surface area contributed by atoms with Gasteiger partial charge in [0, 0.05) is 37.6 Å². The number of aliphatic hydroxyl groups is 1. The first-order valence-electron chi connectivity index (χ1n) is 15.2. The third-order valence-electron chi connectivity index (χ3n) is 9.13. The molecule has 6 rings (SSSR count). The molecule has 1 aromatic heterocycles. The number of carbonyl (C=O) groups is 3. The Morgan fingerprint density at radius 2 is 1.78 bits per heavy atom. The number of amides is 3. The van der Waals surface area contributed by atoms with Crippen molar-refractivity contribution < 1.29 is 24.2 Å². The second-order valence-corrected chi connectivity index (χ2v) is 13.0. The molecule has 3 unspecified atom stereocenters. The Morgan fingerprint density at radius 3 is 2.51 bits per heavy atom. The normalized spacial score (nSPS) is 26.7. The zero-order valence-corrected chi connectivity index (χ0v) is 26.5. The summed E-state index contributed by atoms with van der Waals surface area (Å²) in [5, 5.41) is 18.2. The topological polar surface area (TPSA) is 121 Å². The number of fused-ring (bicyclic) bond motifs is 2. The van der Waals surface area contributed by atoms with Crippen LogP contribution in [0, 0.1) is 11.8 Å². The van der Waals surface area contributed by atoms with Gasteiger partial charge >= 0.3 is 0 Å². The standard InChI is InChI=1S/C33H37BrN6O5/c1-3-15-37(20-22-11-6-5-7-12-22)30(42)26-27-31(43)39(17-10-18-41)29(33(27)19-23(34)28(26)45-33)32(44)38(16-4-2)21-40-25-14-9-8-13-24(25)35-36-40/h3-9,11-14,23,26-29,41H,1-2,10,15-21H2/t23?,26-,27-,28-,29?,33?/m0/s1. The van der Waals surface area contributed by atoms with Crippen LogP contribution in [-0.4, -0.2) is 101 Å². The molecule has 3 fully saturated rings. The number of aliphatic hydroxyl groups excluding tert-OH is 1. The summed E-state index contributed by atoms with van der Waals surface area (Å²) in [6, 6.07) is 16.1. The molecule has 3 aliphatic rings. The molecule has 0 saturated carbocycles. The van der Waals surface area contributed by atoms with Gasteiger partial charge in [0.1, 0.15) is 23.8 Å². The number of nitrogens with zero attached hydrogens (tertiary/aromatic N) is 6. The molecular weight excluding hydrogens is 640 g/mol. The lowest BCUT2D eigenvalue weighted by molar-refractivity contribution is -0.150. The fraction of sp³-hybridized carbons (Fsp3) is 0.424. The second-order valence-electron chi connectivity index (χ2n) is 11.8. The molecule has 236 valence electrons. The molecule has 3 aliphatic heterocycles. The molecule has 0 radical (unpaired) electrons. The van der Waals surface area contributed by atoms with Crippen molar-refractivity contribution in [3.05, 3.63) is 85.5 Å². The van der Waals surface area contributed by atoms with E-state index in [1.54, 1.807) is 26.6 Å². The van der Waals surface area contributed by atoms with Crippen LogP contribution in [0.3, 0.4) is 0 Å². The van der Waals surface area contributed by atoms with E-state index in [9.17, 15) is 19.5 Å². The lowest BCUT2D eigenvalue weighted by atomic mass is 9.70. The number of likely N-dealkylation sites (tertiary alicyclic amines) is 1. The Labute approximate surface area is 270 Å². The average Bonchev–Trinajstić information content (AvgIpc) is 3.76. The van der Waals surface area contributed by atoms with Crippen molar-refractivity contribution in [2.75, 3.05) is 26.2 Å². The van der Waals surface area contributed by atoms with Gasteiger partial charge in [0.2, 0.25) is 17.7 Å². The van der Waals surface area contributed by atoms with Crippen LogP contribution in [0.1, 0.15) is 18.4 Å². The van der Waals surface area contributed by atoms with Gasteiger partial charge in [0.25, 0.3) is 0 Å². The van der Waals surface area contributed by atoms with Crippen LogP contribution in [0.5, 0.6) is 0 Å². The van der Waals surface area contributed by atoms with Gasteiger partial charge in [-0.15, -0.1) is 18.3 Å². The number of halogens is 1. The van der Waals surface area contributed by atoms with Crippen molar-refractivity contribution >= 4 is 44.7 Å². The third kappa shape index (κ3) is 5.38. The highest BCUT2D eigenvalue weighted by Crippen LogP contribution is 2.60. The van der Waals surface area contributed by atoms with Crippen LogP contribution in [0.25, 0.3) is 11.0 Å². The van der Waals surface area contributed by atoms with E-state index in [1.807, 2.05) is 54.6 Å². The highest BCUT2D eigenvalue weighted by Gasteiger charge is 2.76. The second kappa shape index (κ2) is 12.9. The number of hydrogen-bond acceptors (Lipinski definition) is 7. The maximum Gasteiger partial charge on any atom is 0.250 e. The first-order chi connectivity index (χ1) is 21.8. The van der Waals surface area contributed by atoms with Gasteiger partial charge in [0.05, 0.1) is 23.5 Å². The summed E-state index contributed by atoms with van der Waals surface area (Å²) in [6.07, 6.45) is 3.39. The Morgan fingerprint density at radius 1 is 1.07 bits per heavy atom. The first kappa shape index (κ1) is 31.1. The predicted molar refractivity (Wildman–Crippen MR) is 171 cm³/mol. The third-order valence-corrected chi connectivity index (χ3v) is 9.97. The molecule has 12 heteroatoms. The lowest BCUT2D eigenvalue weighted by Gasteiger charge is -2.37. The molecule has 45 heavy (non-hydrogen) atoms. The molecule has 1 N–H and O–H groups in total. The van der Waals surface area contributed by atoms with E-state index < -0.39 is 29.6 Å². The van der Waals surface area contributed by atoms with E-state index >= 15 is 0 Å². The number of aromatic nitrogens is 3. The first-order valence-corrected chi connectivity index (χ1v) is 16.1. The molecule has 2 bridgehead atoms. The summed E-state index contributed by atoms with van der Waals surface area (Å²) in [5.41, 5.74) is 1.20. The number of hydrogen-bond donors (Lipinski definition) is 1. The lowest BCUT2D eigenvalue weighted by Crippen LogP contribution is -2.57. The number of rotatable bonds is 13. The van der Waals surface area contributed by atoms with Gasteiger partial charge in [-0.1, -0.05) is 75.8 Å². The van der Waals surface area contributed by atoms with Crippen LogP contribution in [0.2, 0.25) is 0 Å². The minimum atomic E-state index is -1.22. The zero-order chi connectivity index (χ0) is 31.7. The minimum Gasteiger partial charge on any atom is -0.396 e. The van der Waals surface area contributed by atoms with E-state index in [2.05, 4.69) is 39.4 Å². The SMILES string of the molecule is C=CCN(Cn1nnc2ccccc21)C(=O)C1N(CCCO)C(=O)[C@@H]2[C@H](C(=O)N(CC=C)Cc3ccccc3)[C@H]3OC12CC3Br. The van der Waals surface area contributed by atoms with E-state index in [0.29, 0.717) is 25.0 Å². The van der Waals surface area contributed by atoms with Crippen LogP contribution < -0.4 is 0 Å². The summed E-state index contributed by atoms with van der Waals surface area (Å²) >= 11 is 3.75. The molecule has 2 aromatic carbocycles. The molecule has 6 atom stereocenters. The summed E-state index contributed by atoms with van der Waals surface area (Å²) in [6.45, 7) is 8.65. The van der Waals surface area contributed by atoms with Gasteiger partial charge < -0.3 is 24.5 Å². The van der Waals surface area contributed by atoms with Crippen molar-refractivity contribution in [3.63, 3.8) is 0 Å². The summed E-state index contributed by atoms with van der Waals surface area (Å²) < 4.78 is 8.35. The van der Waals surface area contributed by atoms with Gasteiger partial charge in [-0.05, 0) is 30.5 Å². The highest BCUT2D eigenvalue weighted by atomic mass is 79.9. The molecular formula is C33H37BrN6O5. The number of ether oxygens (including phenoxy) is 1. The number of para-hydroxylation sites is 1. The fourth-order valence-corrected chi connectivity index (χ4v) is 8.25. The van der Waals surface area contributed by atoms with Crippen LogP contribution in [0.4, 0.5) is 0 Å². The Balaban J connectivity index is 1.36. The fourth-order valence-electron chi connectivity index (χ4n) is 7.31. The Bertz CT molecular complexity index is 1600. The largest absolute Gasteiger partial charge is 0.396 e. The molecule has 1 spiro atoms. The minimum absolute atomic E-state index is 0.0817. The average molecular weight is 678 g/mol. The maximum absolute atomic E-state index is 14.7. The molecule has 3 saturated heterocycles. The summed E-state index contributed by atoms with van der Waals surface area (Å²) in [5.74, 6) is -2.48. The number of benzene rings is 2. The summed E-state index contributed by atoms with van der Waals surface area (Å²) in [4.78, 5) is 48.0. The highest BCUT2D eigenvalue weighted by molar-refractivity contribution is 9.09. The Hall–Kier alpha value is -3.87. The van der Waals surface area contributed by atoms with Gasteiger partial charge in [-0.25, -0.2) is 4.68 Å². The number of carbonyl (C=O) groups excluding carboxylic acids is 3. The van der Waals surface area contributed by atoms with Gasteiger partial charge in [-0.3, -0.25) is 14.4 Å². The van der Waals surface area contributed by atoms with E-state index in [1.165, 1.54) is 4.90 Å². The van der Waals surface area contributed by atoms with Crippen molar-refractivity contribution in [2.45, 2.75) is 48.6 Å². The molecule has 0 aliphatic carbocycles. The predicted octanol–water partition coefficient (Wildman–Crippen LogP) is 2.75. The van der Waals surface area contributed by atoms with E-state index in [4.69, 9.17) is 4.74 Å². The Kier molecular flexibility index (Phi) is 8.89. The zero-order valence-electron chi connectivity index (χ0n) is 25.0. The quantitative estimate of drug-likeness (QED) is 0.218. The molecule has 11 nitrogen and oxygen atoms in total. The summed E-state index contributed by atoms with van der Waals surface area (Å²) in [7, 11) is 0. The van der Waals surface area contributed by atoms with E-state index in [-0.39, 0.29) is 55.3 Å². The molecule has 3 amide bonds. The maximum atomic E-state index is 14.7. The van der Waals surface area contributed by atoms with E-state index in [0.717, 1.165) is 11.1 Å². The monoisotopic (exact) mass is 676 g/mol. The van der Waals surface area contributed by atoms with Gasteiger partial charge in [-0.2, -0.15) is 0 Å². The van der Waals surface area contributed by atoms with Crippen molar-refractivity contribution in [3.8, 4) is 0 Å². The van der Waals surface area contributed by atoms with Crippen molar-refractivity contribution in [1.29, 1.82) is 0 Å². The smallest absolute Gasteiger partial charge is 0.250 e. The number of alkyl halides is 1. The van der Waals surface area contributed by atoms with Crippen LogP contribution >= 0.6 is 15.9 Å². The molecule has 4 heterocycles. The van der Waals surface area contributed by atoms with Crippen LogP contribution in [-0.2, 0) is 32.3 Å². The van der Waals surface area contributed by atoms with Crippen molar-refractivity contribution in [2.24, 2.45) is 11.8 Å². The van der Waals surface area contributed by atoms with Crippen molar-refractivity contribution in [1.82, 2.24) is 29.7 Å². The molecule has 3 aromatic rings. The van der Waals surface area contributed by atoms with Crippen LogP contribution in [0.15, 0.2) is 79.9 Å². The van der Waals surface area contributed by atoms with Gasteiger partial charge in [0.15, 0.2) is 0 Å².